The molecular weight excluding hydrogens is 255 g/mol. The normalized spacial score (nSPS) is 10.4. The average molecular weight is 259 g/mol. The molecule has 1 heterocycles. The molecule has 0 aliphatic rings. The summed E-state index contributed by atoms with van der Waals surface area (Å²) in [5.41, 5.74) is 0.392. The number of hydrogen-bond donors (Lipinski definition) is 1. The van der Waals surface area contributed by atoms with Crippen molar-refractivity contribution >= 4 is 15.9 Å². The Bertz CT molecular complexity index is 520. The Morgan fingerprint density at radius 2 is 2.29 bits per heavy atom. The molecule has 1 N–H and O–H groups in total. The second-order valence-electron chi connectivity index (χ2n) is 2.54. The summed E-state index contributed by atoms with van der Waals surface area (Å²) < 4.78 is 18.2. The lowest BCUT2D eigenvalue weighted by molar-refractivity contribution is 0.526. The Kier molecular flexibility index (Phi) is 2.20. The van der Waals surface area contributed by atoms with Crippen molar-refractivity contribution in [3.8, 4) is 11.5 Å². The second kappa shape index (κ2) is 3.38. The highest BCUT2D eigenvalue weighted by Gasteiger charge is 2.10. The first-order chi connectivity index (χ1) is 6.66. The maximum Gasteiger partial charge on any atom is 0.434 e. The van der Waals surface area contributed by atoms with Crippen LogP contribution in [0.2, 0.25) is 0 Å². The molecule has 0 saturated carbocycles. The smallest absolute Gasteiger partial charge is 0.388 e. The van der Waals surface area contributed by atoms with Crippen LogP contribution in [0.3, 0.4) is 0 Å². The number of nitrogens with zero attached hydrogens (tertiary/aromatic N) is 1. The Balaban J connectivity index is 2.61. The van der Waals surface area contributed by atoms with Crippen LogP contribution in [0.25, 0.3) is 11.5 Å². The molecule has 0 saturated heterocycles. The maximum atomic E-state index is 12.9. The van der Waals surface area contributed by atoms with Gasteiger partial charge in [-0.25, -0.2) is 14.3 Å². The van der Waals surface area contributed by atoms with Gasteiger partial charge in [-0.05, 0) is 34.1 Å². The van der Waals surface area contributed by atoms with E-state index >= 15 is 0 Å². The van der Waals surface area contributed by atoms with Gasteiger partial charge in [0, 0.05) is 4.47 Å². The van der Waals surface area contributed by atoms with Crippen molar-refractivity contribution in [2.75, 3.05) is 0 Å². The van der Waals surface area contributed by atoms with Crippen LogP contribution in [-0.4, -0.2) is 10.2 Å². The summed E-state index contributed by atoms with van der Waals surface area (Å²) in [7, 11) is 0. The van der Waals surface area contributed by atoms with E-state index in [0.29, 0.717) is 10.0 Å². The lowest BCUT2D eigenvalue weighted by Crippen LogP contribution is -1.93. The third-order valence-electron chi connectivity index (χ3n) is 1.60. The summed E-state index contributed by atoms with van der Waals surface area (Å²) in [6, 6.07) is 4.03. The molecule has 4 nitrogen and oxygen atoms in total. The van der Waals surface area contributed by atoms with Gasteiger partial charge in [-0.3, -0.25) is 0 Å². The SMILES string of the molecule is O=c1[nH]nc(-c2cc(F)ccc2Br)o1. The molecular formula is C8H4BrFN2O2. The topological polar surface area (TPSA) is 58.9 Å². The van der Waals surface area contributed by atoms with E-state index in [1.165, 1.54) is 18.2 Å². The number of aromatic amines is 1. The molecule has 0 amide bonds. The van der Waals surface area contributed by atoms with Crippen LogP contribution in [-0.2, 0) is 0 Å². The van der Waals surface area contributed by atoms with Gasteiger partial charge < -0.3 is 4.42 Å². The molecule has 0 spiro atoms. The van der Waals surface area contributed by atoms with Gasteiger partial charge in [-0.15, -0.1) is 5.10 Å². The van der Waals surface area contributed by atoms with E-state index in [4.69, 9.17) is 0 Å². The Hall–Kier alpha value is -1.43. The lowest BCUT2D eigenvalue weighted by atomic mass is 10.2. The molecule has 1 aromatic carbocycles. The quantitative estimate of drug-likeness (QED) is 0.851. The van der Waals surface area contributed by atoms with Gasteiger partial charge in [0.1, 0.15) is 5.82 Å². The fraction of sp³-hybridized carbons (Fsp3) is 0. The predicted octanol–water partition coefficient (Wildman–Crippen LogP) is 1.93. The van der Waals surface area contributed by atoms with Crippen molar-refractivity contribution in [2.24, 2.45) is 0 Å². The first-order valence-electron chi connectivity index (χ1n) is 3.68. The van der Waals surface area contributed by atoms with Gasteiger partial charge in [0.25, 0.3) is 0 Å². The monoisotopic (exact) mass is 258 g/mol. The fourth-order valence-corrected chi connectivity index (χ4v) is 1.42. The van der Waals surface area contributed by atoms with Crippen LogP contribution in [0.1, 0.15) is 0 Å². The maximum absolute atomic E-state index is 12.9. The van der Waals surface area contributed by atoms with Crippen molar-refractivity contribution in [3.05, 3.63) is 39.0 Å². The predicted molar refractivity (Wildman–Crippen MR) is 50.2 cm³/mol. The van der Waals surface area contributed by atoms with Gasteiger partial charge in [0.05, 0.1) is 5.56 Å². The van der Waals surface area contributed by atoms with Crippen LogP contribution < -0.4 is 5.76 Å². The molecule has 0 unspecified atom stereocenters. The zero-order valence-corrected chi connectivity index (χ0v) is 8.34. The third kappa shape index (κ3) is 1.60. The van der Waals surface area contributed by atoms with Gasteiger partial charge >= 0.3 is 5.76 Å². The highest BCUT2D eigenvalue weighted by molar-refractivity contribution is 9.10. The molecule has 72 valence electrons. The molecule has 1 aromatic heterocycles. The minimum absolute atomic E-state index is 0.0568. The summed E-state index contributed by atoms with van der Waals surface area (Å²) in [5, 5.41) is 5.69. The van der Waals surface area contributed by atoms with Crippen molar-refractivity contribution in [3.63, 3.8) is 0 Å². The zero-order valence-electron chi connectivity index (χ0n) is 6.75. The lowest BCUT2D eigenvalue weighted by Gasteiger charge is -1.97. The van der Waals surface area contributed by atoms with Crippen molar-refractivity contribution in [1.82, 2.24) is 10.2 Å². The molecule has 6 heteroatoms. The second-order valence-corrected chi connectivity index (χ2v) is 3.40. The molecule has 2 rings (SSSR count). The highest BCUT2D eigenvalue weighted by Crippen LogP contribution is 2.26. The van der Waals surface area contributed by atoms with Crippen molar-refractivity contribution in [2.45, 2.75) is 0 Å². The van der Waals surface area contributed by atoms with E-state index < -0.39 is 11.6 Å². The number of halogens is 2. The van der Waals surface area contributed by atoms with Crippen LogP contribution in [0.5, 0.6) is 0 Å². The summed E-state index contributed by atoms with van der Waals surface area (Å²) in [5.74, 6) is -1.04. The van der Waals surface area contributed by atoms with Gasteiger partial charge in [-0.1, -0.05) is 0 Å². The number of aromatic nitrogens is 2. The molecule has 0 aliphatic carbocycles. The standard InChI is InChI=1S/C8H4BrFN2O2/c9-6-2-1-4(10)3-5(6)7-11-12-8(13)14-7/h1-3H,(H,12,13). The Morgan fingerprint density at radius 1 is 1.50 bits per heavy atom. The van der Waals surface area contributed by atoms with E-state index in [9.17, 15) is 9.18 Å². The zero-order chi connectivity index (χ0) is 10.1. The minimum atomic E-state index is -0.670. The first-order valence-corrected chi connectivity index (χ1v) is 4.47. The Labute approximate surface area is 85.9 Å². The van der Waals surface area contributed by atoms with Crippen molar-refractivity contribution < 1.29 is 8.81 Å². The van der Waals surface area contributed by atoms with Gasteiger partial charge in [0.2, 0.25) is 5.89 Å². The van der Waals surface area contributed by atoms with Crippen LogP contribution in [0.4, 0.5) is 4.39 Å². The number of H-pyrrole nitrogens is 1. The number of benzene rings is 1. The first kappa shape index (κ1) is 9.14. The molecule has 0 fully saturated rings. The minimum Gasteiger partial charge on any atom is -0.388 e. The van der Waals surface area contributed by atoms with E-state index in [-0.39, 0.29) is 5.89 Å². The van der Waals surface area contributed by atoms with E-state index in [1.54, 1.807) is 0 Å². The largest absolute Gasteiger partial charge is 0.434 e. The summed E-state index contributed by atoms with van der Waals surface area (Å²) in [4.78, 5) is 10.7. The van der Waals surface area contributed by atoms with Gasteiger partial charge in [-0.2, -0.15) is 0 Å². The molecule has 0 radical (unpaired) electrons. The van der Waals surface area contributed by atoms with E-state index in [1.807, 2.05) is 0 Å². The highest BCUT2D eigenvalue weighted by atomic mass is 79.9. The molecule has 0 atom stereocenters. The molecule has 0 aliphatic heterocycles. The van der Waals surface area contributed by atoms with Crippen LogP contribution in [0.15, 0.2) is 31.9 Å². The number of nitrogens with one attached hydrogen (secondary N) is 1. The third-order valence-corrected chi connectivity index (χ3v) is 2.29. The van der Waals surface area contributed by atoms with E-state index in [2.05, 4.69) is 30.5 Å². The number of hydrogen-bond acceptors (Lipinski definition) is 3. The molecule has 2 aromatic rings. The average Bonchev–Trinajstić information content (AvgIpc) is 2.56. The Morgan fingerprint density at radius 3 is 2.93 bits per heavy atom. The number of rotatable bonds is 1. The van der Waals surface area contributed by atoms with E-state index in [0.717, 1.165) is 0 Å². The van der Waals surface area contributed by atoms with Crippen LogP contribution in [0, 0.1) is 5.82 Å². The molecule has 14 heavy (non-hydrogen) atoms. The van der Waals surface area contributed by atoms with Crippen molar-refractivity contribution in [1.29, 1.82) is 0 Å². The fourth-order valence-electron chi connectivity index (χ4n) is 1.01. The summed E-state index contributed by atoms with van der Waals surface area (Å²) in [6.45, 7) is 0. The summed E-state index contributed by atoms with van der Waals surface area (Å²) in [6.07, 6.45) is 0. The van der Waals surface area contributed by atoms with Crippen LogP contribution >= 0.6 is 15.9 Å². The van der Waals surface area contributed by atoms with Gasteiger partial charge in [0.15, 0.2) is 0 Å². The summed E-state index contributed by atoms with van der Waals surface area (Å²) >= 11 is 3.19. The molecule has 0 bridgehead atoms.